The molecule has 0 spiro atoms. The van der Waals surface area contributed by atoms with Gasteiger partial charge in [-0.1, -0.05) is 25.5 Å². The first-order chi connectivity index (χ1) is 11.8. The van der Waals surface area contributed by atoms with Gasteiger partial charge in [-0.3, -0.25) is 4.79 Å². The first kappa shape index (κ1) is 18.7. The summed E-state index contributed by atoms with van der Waals surface area (Å²) < 4.78 is 39.0. The second-order valence-electron chi connectivity index (χ2n) is 5.51. The molecule has 1 aromatic heterocycles. The number of nitrogens with one attached hydrogen (secondary N) is 1. The maximum absolute atomic E-state index is 13.0. The van der Waals surface area contributed by atoms with Crippen molar-refractivity contribution in [2.24, 2.45) is 0 Å². The number of halogens is 3. The fraction of sp³-hybridized carbons (Fsp3) is 0.353. The van der Waals surface area contributed by atoms with E-state index in [1.54, 1.807) is 11.9 Å². The number of carbonyl (C=O) groups is 1. The summed E-state index contributed by atoms with van der Waals surface area (Å²) in [5.74, 6) is -0.366. The smallest absolute Gasteiger partial charge is 0.344 e. The van der Waals surface area contributed by atoms with Crippen LogP contribution in [-0.2, 0) is 6.18 Å². The molecule has 2 aromatic rings. The number of hydrogen-bond donors (Lipinski definition) is 1. The van der Waals surface area contributed by atoms with E-state index >= 15 is 0 Å². The van der Waals surface area contributed by atoms with E-state index in [0.29, 0.717) is 5.95 Å². The number of para-hydroxylation sites is 1. The molecule has 0 bridgehead atoms. The third-order valence-electron chi connectivity index (χ3n) is 3.54. The maximum Gasteiger partial charge on any atom is 0.418 e. The SMILES string of the molecule is CCCCN(C)c1nccc(C(=O)Nc2ccccc2C(F)(F)F)n1. The summed E-state index contributed by atoms with van der Waals surface area (Å²) in [5.41, 5.74) is -1.21. The van der Waals surface area contributed by atoms with Gasteiger partial charge in [-0.05, 0) is 24.6 Å². The highest BCUT2D eigenvalue weighted by Gasteiger charge is 2.33. The van der Waals surface area contributed by atoms with Crippen molar-refractivity contribution in [3.63, 3.8) is 0 Å². The van der Waals surface area contributed by atoms with Gasteiger partial charge in [0.1, 0.15) is 5.69 Å². The third kappa shape index (κ3) is 4.91. The Morgan fingerprint density at radius 1 is 1.24 bits per heavy atom. The van der Waals surface area contributed by atoms with Gasteiger partial charge in [0.2, 0.25) is 5.95 Å². The predicted molar refractivity (Wildman–Crippen MR) is 89.6 cm³/mol. The van der Waals surface area contributed by atoms with Crippen molar-refractivity contribution in [3.8, 4) is 0 Å². The zero-order chi connectivity index (χ0) is 18.4. The summed E-state index contributed by atoms with van der Waals surface area (Å²) in [6, 6.07) is 6.18. The van der Waals surface area contributed by atoms with E-state index in [9.17, 15) is 18.0 Å². The van der Waals surface area contributed by atoms with Crippen LogP contribution in [0.15, 0.2) is 36.5 Å². The van der Waals surface area contributed by atoms with Crippen LogP contribution in [-0.4, -0.2) is 29.5 Å². The number of alkyl halides is 3. The Bertz CT molecular complexity index is 734. The lowest BCUT2D eigenvalue weighted by atomic mass is 10.1. The largest absolute Gasteiger partial charge is 0.418 e. The Kier molecular flexibility index (Phi) is 5.95. The van der Waals surface area contributed by atoms with Crippen LogP contribution >= 0.6 is 0 Å². The molecule has 2 rings (SSSR count). The van der Waals surface area contributed by atoms with Crippen LogP contribution in [0.3, 0.4) is 0 Å². The van der Waals surface area contributed by atoms with Crippen LogP contribution in [0.2, 0.25) is 0 Å². The van der Waals surface area contributed by atoms with Crippen LogP contribution in [0.25, 0.3) is 0 Å². The van der Waals surface area contributed by atoms with Gasteiger partial charge in [-0.2, -0.15) is 13.2 Å². The lowest BCUT2D eigenvalue weighted by molar-refractivity contribution is -0.136. The molecule has 134 valence electrons. The molecule has 0 fully saturated rings. The van der Waals surface area contributed by atoms with Gasteiger partial charge < -0.3 is 10.2 Å². The highest BCUT2D eigenvalue weighted by molar-refractivity contribution is 6.03. The molecule has 0 aliphatic rings. The summed E-state index contributed by atoms with van der Waals surface area (Å²) in [7, 11) is 1.80. The number of carbonyl (C=O) groups excluding carboxylic acids is 1. The molecule has 1 N–H and O–H groups in total. The number of benzene rings is 1. The van der Waals surface area contributed by atoms with Crippen molar-refractivity contribution in [1.82, 2.24) is 9.97 Å². The van der Waals surface area contributed by atoms with Crippen LogP contribution in [0.1, 0.15) is 35.8 Å². The average Bonchev–Trinajstić information content (AvgIpc) is 2.59. The monoisotopic (exact) mass is 352 g/mol. The number of amides is 1. The molecule has 1 heterocycles. The van der Waals surface area contributed by atoms with Crippen LogP contribution in [0, 0.1) is 0 Å². The van der Waals surface area contributed by atoms with Gasteiger partial charge in [0, 0.05) is 19.8 Å². The molecule has 0 saturated carbocycles. The second kappa shape index (κ2) is 7.96. The molecule has 0 saturated heterocycles. The normalized spacial score (nSPS) is 11.2. The molecule has 0 aliphatic heterocycles. The van der Waals surface area contributed by atoms with E-state index < -0.39 is 17.6 Å². The van der Waals surface area contributed by atoms with Crippen molar-refractivity contribution in [1.29, 1.82) is 0 Å². The van der Waals surface area contributed by atoms with E-state index in [1.807, 2.05) is 0 Å². The maximum atomic E-state index is 13.0. The number of hydrogen-bond acceptors (Lipinski definition) is 4. The number of aromatic nitrogens is 2. The van der Waals surface area contributed by atoms with E-state index in [1.165, 1.54) is 30.5 Å². The van der Waals surface area contributed by atoms with Gasteiger partial charge >= 0.3 is 6.18 Å². The predicted octanol–water partition coefficient (Wildman–Crippen LogP) is 3.98. The van der Waals surface area contributed by atoms with Crippen molar-refractivity contribution in [2.45, 2.75) is 25.9 Å². The lowest BCUT2D eigenvalue weighted by Gasteiger charge is -2.17. The highest BCUT2D eigenvalue weighted by atomic mass is 19.4. The molecule has 25 heavy (non-hydrogen) atoms. The first-order valence-corrected chi connectivity index (χ1v) is 7.84. The molecule has 1 aromatic carbocycles. The Balaban J connectivity index is 2.20. The van der Waals surface area contributed by atoms with E-state index in [2.05, 4.69) is 22.2 Å². The minimum atomic E-state index is -4.55. The zero-order valence-electron chi connectivity index (χ0n) is 14.0. The Morgan fingerprint density at radius 3 is 2.64 bits per heavy atom. The highest BCUT2D eigenvalue weighted by Crippen LogP contribution is 2.34. The van der Waals surface area contributed by atoms with Crippen molar-refractivity contribution >= 4 is 17.5 Å². The first-order valence-electron chi connectivity index (χ1n) is 7.84. The van der Waals surface area contributed by atoms with Crippen LogP contribution in [0.4, 0.5) is 24.8 Å². The average molecular weight is 352 g/mol. The fourth-order valence-electron chi connectivity index (χ4n) is 2.18. The van der Waals surface area contributed by atoms with E-state index in [4.69, 9.17) is 0 Å². The second-order valence-corrected chi connectivity index (χ2v) is 5.51. The van der Waals surface area contributed by atoms with Gasteiger partial charge in [0.15, 0.2) is 0 Å². The minimum absolute atomic E-state index is 0.00493. The van der Waals surface area contributed by atoms with E-state index in [0.717, 1.165) is 25.5 Å². The number of unbranched alkanes of at least 4 members (excludes halogenated alkanes) is 1. The molecule has 0 atom stereocenters. The summed E-state index contributed by atoms with van der Waals surface area (Å²) in [5, 5.41) is 2.27. The van der Waals surface area contributed by atoms with Gasteiger partial charge in [-0.15, -0.1) is 0 Å². The summed E-state index contributed by atoms with van der Waals surface area (Å²) in [6.07, 6.45) is -1.20. The molecular weight excluding hydrogens is 333 g/mol. The van der Waals surface area contributed by atoms with Crippen LogP contribution in [0.5, 0.6) is 0 Å². The van der Waals surface area contributed by atoms with Gasteiger partial charge in [-0.25, -0.2) is 9.97 Å². The van der Waals surface area contributed by atoms with Crippen LogP contribution < -0.4 is 10.2 Å². The fourth-order valence-corrected chi connectivity index (χ4v) is 2.18. The molecule has 0 radical (unpaired) electrons. The Morgan fingerprint density at radius 2 is 1.96 bits per heavy atom. The molecular formula is C17H19F3N4O. The third-order valence-corrected chi connectivity index (χ3v) is 3.54. The van der Waals surface area contributed by atoms with Crippen molar-refractivity contribution in [3.05, 3.63) is 47.8 Å². The van der Waals surface area contributed by atoms with Gasteiger partial charge in [0.25, 0.3) is 5.91 Å². The topological polar surface area (TPSA) is 58.1 Å². The van der Waals surface area contributed by atoms with E-state index in [-0.39, 0.29) is 11.4 Å². The molecule has 8 heteroatoms. The lowest BCUT2D eigenvalue weighted by Crippen LogP contribution is -2.23. The Labute approximate surface area is 143 Å². The minimum Gasteiger partial charge on any atom is -0.344 e. The molecule has 5 nitrogen and oxygen atoms in total. The van der Waals surface area contributed by atoms with Gasteiger partial charge in [0.05, 0.1) is 11.3 Å². The quantitative estimate of drug-likeness (QED) is 0.854. The summed E-state index contributed by atoms with van der Waals surface area (Å²) in [6.45, 7) is 2.77. The molecule has 0 aliphatic carbocycles. The zero-order valence-corrected chi connectivity index (χ0v) is 14.0. The number of rotatable bonds is 6. The van der Waals surface area contributed by atoms with Crippen molar-refractivity contribution in [2.75, 3.05) is 23.8 Å². The number of anilines is 2. The molecule has 1 amide bonds. The summed E-state index contributed by atoms with van der Waals surface area (Å²) in [4.78, 5) is 22.3. The summed E-state index contributed by atoms with van der Waals surface area (Å²) >= 11 is 0. The molecule has 0 unspecified atom stereocenters. The Hall–Kier alpha value is -2.64. The standard InChI is InChI=1S/C17H19F3N4O/c1-3-4-11-24(2)16-21-10-9-14(23-16)15(25)22-13-8-6-5-7-12(13)17(18,19)20/h5-10H,3-4,11H2,1-2H3,(H,22,25). The number of nitrogens with zero attached hydrogens (tertiary/aromatic N) is 3. The van der Waals surface area contributed by atoms with Crippen molar-refractivity contribution < 1.29 is 18.0 Å².